The molecule has 0 radical (unpaired) electrons. The van der Waals surface area contributed by atoms with E-state index in [1.807, 2.05) is 37.4 Å². The third-order valence-corrected chi connectivity index (χ3v) is 4.73. The van der Waals surface area contributed by atoms with E-state index in [1.165, 1.54) is 0 Å². The molecule has 5 heteroatoms. The highest BCUT2D eigenvalue weighted by Crippen LogP contribution is 2.37. The average molecular weight is 398 g/mol. The summed E-state index contributed by atoms with van der Waals surface area (Å²) in [5, 5.41) is 2.96. The molecule has 0 bridgehead atoms. The van der Waals surface area contributed by atoms with Gasteiger partial charge in [-0.3, -0.25) is 4.79 Å². The van der Waals surface area contributed by atoms with Gasteiger partial charge < -0.3 is 9.88 Å². The third kappa shape index (κ3) is 2.83. The molecule has 0 atom stereocenters. The minimum absolute atomic E-state index is 0.0654. The minimum atomic E-state index is -0.0654. The molecule has 2 aromatic rings. The van der Waals surface area contributed by atoms with Crippen molar-refractivity contribution in [1.82, 2.24) is 4.57 Å². The summed E-state index contributed by atoms with van der Waals surface area (Å²) in [7, 11) is 0. The number of carbonyl (C=O) groups excluding carboxylic acids is 1. The maximum atomic E-state index is 12.4. The molecule has 1 saturated carbocycles. The predicted molar refractivity (Wildman–Crippen MR) is 87.2 cm³/mol. The summed E-state index contributed by atoms with van der Waals surface area (Å²) in [4.78, 5) is 12.4. The number of anilines is 1. The van der Waals surface area contributed by atoms with Crippen LogP contribution in [0.15, 0.2) is 39.4 Å². The van der Waals surface area contributed by atoms with Crippen LogP contribution in [0.25, 0.3) is 0 Å². The highest BCUT2D eigenvalue weighted by atomic mass is 79.9. The van der Waals surface area contributed by atoms with E-state index in [1.54, 1.807) is 0 Å². The van der Waals surface area contributed by atoms with Crippen LogP contribution in [0.5, 0.6) is 0 Å². The Labute approximate surface area is 134 Å². The quantitative estimate of drug-likeness (QED) is 0.784. The standard InChI is InChI=1S/C15H14Br2N2O/c1-9-6-11(2-5-13(9)17)18-15(20)14-7-10(16)8-19(14)12-3-4-12/h2,5-8,12H,3-4H2,1H3,(H,18,20). The molecule has 3 nitrogen and oxygen atoms in total. The molecule has 1 aliphatic carbocycles. The van der Waals surface area contributed by atoms with Gasteiger partial charge >= 0.3 is 0 Å². The van der Waals surface area contributed by atoms with Crippen molar-refractivity contribution in [2.45, 2.75) is 25.8 Å². The van der Waals surface area contributed by atoms with Gasteiger partial charge in [0.2, 0.25) is 0 Å². The van der Waals surface area contributed by atoms with E-state index in [2.05, 4.69) is 41.7 Å². The molecule has 1 amide bonds. The average Bonchev–Trinajstić information content (AvgIpc) is 3.17. The summed E-state index contributed by atoms with van der Waals surface area (Å²) in [6.45, 7) is 2.00. The third-order valence-electron chi connectivity index (χ3n) is 3.40. The number of amides is 1. The molecule has 0 spiro atoms. The molecule has 0 aliphatic heterocycles. The normalized spacial score (nSPS) is 14.3. The predicted octanol–water partition coefficient (Wildman–Crippen LogP) is 4.91. The van der Waals surface area contributed by atoms with E-state index in [0.717, 1.165) is 33.0 Å². The molecular weight excluding hydrogens is 384 g/mol. The maximum Gasteiger partial charge on any atom is 0.272 e. The van der Waals surface area contributed by atoms with Gasteiger partial charge in [-0.2, -0.15) is 0 Å². The Bertz CT molecular complexity index is 675. The van der Waals surface area contributed by atoms with Crippen molar-refractivity contribution in [3.8, 4) is 0 Å². The number of hydrogen-bond donors (Lipinski definition) is 1. The molecule has 1 aromatic carbocycles. The highest BCUT2D eigenvalue weighted by Gasteiger charge is 2.27. The van der Waals surface area contributed by atoms with E-state index in [4.69, 9.17) is 0 Å². The molecule has 20 heavy (non-hydrogen) atoms. The van der Waals surface area contributed by atoms with Crippen molar-refractivity contribution in [3.05, 3.63) is 50.7 Å². The van der Waals surface area contributed by atoms with Crippen LogP contribution in [0.4, 0.5) is 5.69 Å². The smallest absolute Gasteiger partial charge is 0.272 e. The monoisotopic (exact) mass is 396 g/mol. The number of carbonyl (C=O) groups is 1. The second kappa shape index (κ2) is 5.37. The number of nitrogens with one attached hydrogen (secondary N) is 1. The summed E-state index contributed by atoms with van der Waals surface area (Å²) in [5.74, 6) is -0.0654. The Hall–Kier alpha value is -1.07. The Morgan fingerprint density at radius 2 is 2.05 bits per heavy atom. The van der Waals surface area contributed by atoms with Crippen LogP contribution < -0.4 is 5.32 Å². The molecule has 1 fully saturated rings. The minimum Gasteiger partial charge on any atom is -0.339 e. The van der Waals surface area contributed by atoms with Gasteiger partial charge in [0.1, 0.15) is 5.69 Å². The lowest BCUT2D eigenvalue weighted by Gasteiger charge is -2.09. The first-order valence-electron chi connectivity index (χ1n) is 6.49. The van der Waals surface area contributed by atoms with E-state index in [9.17, 15) is 4.79 Å². The van der Waals surface area contributed by atoms with Crippen LogP contribution >= 0.6 is 31.9 Å². The van der Waals surface area contributed by atoms with Gasteiger partial charge in [-0.1, -0.05) is 15.9 Å². The zero-order valence-electron chi connectivity index (χ0n) is 11.0. The Morgan fingerprint density at radius 1 is 1.30 bits per heavy atom. The van der Waals surface area contributed by atoms with Gasteiger partial charge in [-0.25, -0.2) is 0 Å². The maximum absolute atomic E-state index is 12.4. The van der Waals surface area contributed by atoms with Crippen molar-refractivity contribution in [2.75, 3.05) is 5.32 Å². The lowest BCUT2D eigenvalue weighted by molar-refractivity contribution is 0.101. The van der Waals surface area contributed by atoms with Gasteiger partial charge in [-0.15, -0.1) is 0 Å². The van der Waals surface area contributed by atoms with Crippen molar-refractivity contribution >= 4 is 43.5 Å². The highest BCUT2D eigenvalue weighted by molar-refractivity contribution is 9.10. The molecule has 1 heterocycles. The Balaban J connectivity index is 1.84. The van der Waals surface area contributed by atoms with Gasteiger partial charge in [0.25, 0.3) is 5.91 Å². The van der Waals surface area contributed by atoms with E-state index in [0.29, 0.717) is 11.7 Å². The summed E-state index contributed by atoms with van der Waals surface area (Å²) in [6.07, 6.45) is 4.29. The molecule has 1 aromatic heterocycles. The van der Waals surface area contributed by atoms with Crippen LogP contribution in [-0.2, 0) is 0 Å². The fourth-order valence-corrected chi connectivity index (χ4v) is 2.88. The van der Waals surface area contributed by atoms with Crippen LogP contribution in [0.3, 0.4) is 0 Å². The first kappa shape index (κ1) is 13.9. The van der Waals surface area contributed by atoms with Crippen molar-refractivity contribution in [2.24, 2.45) is 0 Å². The zero-order chi connectivity index (χ0) is 14.3. The Morgan fingerprint density at radius 3 is 2.70 bits per heavy atom. The SMILES string of the molecule is Cc1cc(NC(=O)c2cc(Br)cn2C2CC2)ccc1Br. The van der Waals surface area contributed by atoms with Crippen molar-refractivity contribution in [1.29, 1.82) is 0 Å². The molecular formula is C15H14Br2N2O. The summed E-state index contributed by atoms with van der Waals surface area (Å²) in [5.41, 5.74) is 2.62. The molecule has 3 rings (SSSR count). The van der Waals surface area contributed by atoms with Crippen molar-refractivity contribution in [3.63, 3.8) is 0 Å². The van der Waals surface area contributed by atoms with E-state index < -0.39 is 0 Å². The number of nitrogens with zero attached hydrogens (tertiary/aromatic N) is 1. The number of halogens is 2. The number of benzene rings is 1. The number of rotatable bonds is 3. The summed E-state index contributed by atoms with van der Waals surface area (Å²) in [6, 6.07) is 8.16. The second-order valence-corrected chi connectivity index (χ2v) is 6.87. The lowest BCUT2D eigenvalue weighted by Crippen LogP contribution is -2.16. The second-order valence-electron chi connectivity index (χ2n) is 5.10. The topological polar surface area (TPSA) is 34.0 Å². The number of aryl methyl sites for hydroxylation is 1. The van der Waals surface area contributed by atoms with Crippen LogP contribution in [0.2, 0.25) is 0 Å². The van der Waals surface area contributed by atoms with Gasteiger partial charge in [0.15, 0.2) is 0 Å². The van der Waals surface area contributed by atoms with Gasteiger partial charge in [-0.05, 0) is 65.5 Å². The summed E-state index contributed by atoms with van der Waals surface area (Å²) >= 11 is 6.91. The number of aromatic nitrogens is 1. The molecule has 0 saturated heterocycles. The van der Waals surface area contributed by atoms with Gasteiger partial charge in [0.05, 0.1) is 0 Å². The van der Waals surface area contributed by atoms with Gasteiger partial charge in [0, 0.05) is 26.9 Å². The first-order valence-corrected chi connectivity index (χ1v) is 8.08. The molecule has 1 aliphatic rings. The van der Waals surface area contributed by atoms with Crippen LogP contribution in [-0.4, -0.2) is 10.5 Å². The zero-order valence-corrected chi connectivity index (χ0v) is 14.2. The fraction of sp³-hybridized carbons (Fsp3) is 0.267. The first-order chi connectivity index (χ1) is 9.54. The Kier molecular flexibility index (Phi) is 3.73. The van der Waals surface area contributed by atoms with Crippen LogP contribution in [0, 0.1) is 6.92 Å². The lowest BCUT2D eigenvalue weighted by atomic mass is 10.2. The van der Waals surface area contributed by atoms with E-state index in [-0.39, 0.29) is 5.91 Å². The van der Waals surface area contributed by atoms with Crippen LogP contribution in [0.1, 0.15) is 34.9 Å². The fourth-order valence-electron chi connectivity index (χ4n) is 2.20. The molecule has 104 valence electrons. The number of hydrogen-bond acceptors (Lipinski definition) is 1. The van der Waals surface area contributed by atoms with Crippen molar-refractivity contribution < 1.29 is 4.79 Å². The molecule has 0 unspecified atom stereocenters. The van der Waals surface area contributed by atoms with E-state index >= 15 is 0 Å². The largest absolute Gasteiger partial charge is 0.339 e. The summed E-state index contributed by atoms with van der Waals surface area (Å²) < 4.78 is 4.05. The molecule has 1 N–H and O–H groups in total.